The highest BCUT2D eigenvalue weighted by molar-refractivity contribution is 7.07. The van der Waals surface area contributed by atoms with E-state index in [1.807, 2.05) is 49.4 Å². The van der Waals surface area contributed by atoms with E-state index in [9.17, 15) is 4.79 Å². The first kappa shape index (κ1) is 19.5. The van der Waals surface area contributed by atoms with E-state index in [0.717, 1.165) is 41.0 Å². The van der Waals surface area contributed by atoms with Crippen molar-refractivity contribution < 1.29 is 4.42 Å². The van der Waals surface area contributed by atoms with Gasteiger partial charge < -0.3 is 4.42 Å². The second-order valence-electron chi connectivity index (χ2n) is 8.08. The molecule has 1 aliphatic heterocycles. The lowest BCUT2D eigenvalue weighted by molar-refractivity contribution is 0.524. The molecule has 0 amide bonds. The van der Waals surface area contributed by atoms with Gasteiger partial charge in [0.15, 0.2) is 4.80 Å². The van der Waals surface area contributed by atoms with Crippen LogP contribution in [0.4, 0.5) is 0 Å². The Labute approximate surface area is 193 Å². The van der Waals surface area contributed by atoms with Crippen LogP contribution in [0.5, 0.6) is 0 Å². The van der Waals surface area contributed by atoms with Crippen molar-refractivity contribution in [1.29, 1.82) is 0 Å². The second kappa shape index (κ2) is 7.47. The Morgan fingerprint density at radius 3 is 2.72 bits per heavy atom. The summed E-state index contributed by atoms with van der Waals surface area (Å²) >= 11 is 8.05. The Kier molecular flexibility index (Phi) is 4.56. The lowest BCUT2D eigenvalue weighted by atomic mass is 9.83. The summed E-state index contributed by atoms with van der Waals surface area (Å²) in [5.41, 5.74) is 5.40. The van der Waals surface area contributed by atoms with Crippen molar-refractivity contribution >= 4 is 34.7 Å². The standard InChI is InChI=1S/C26H19ClN2O2S/c1-15-10-12-17(31-15)14-22-25(30)29-24(19-8-4-5-9-21(19)27)20-13-11-16-6-2-3-7-18(16)23(20)28-26(29)32-22/h2-10,12,14,24H,11,13H2,1H3/b22-14-/t24-/m0/s1. The Hall–Kier alpha value is -3.15. The summed E-state index contributed by atoms with van der Waals surface area (Å²) in [6, 6.07) is 19.7. The average molecular weight is 459 g/mol. The van der Waals surface area contributed by atoms with E-state index in [1.165, 1.54) is 16.9 Å². The molecule has 6 heteroatoms. The van der Waals surface area contributed by atoms with Gasteiger partial charge in [0.25, 0.3) is 5.56 Å². The van der Waals surface area contributed by atoms with E-state index >= 15 is 0 Å². The largest absolute Gasteiger partial charge is 0.462 e. The second-order valence-corrected chi connectivity index (χ2v) is 9.50. The van der Waals surface area contributed by atoms with Crippen LogP contribution in [0.25, 0.3) is 11.8 Å². The number of benzene rings is 2. The minimum Gasteiger partial charge on any atom is -0.462 e. The monoisotopic (exact) mass is 458 g/mol. The van der Waals surface area contributed by atoms with Gasteiger partial charge in [0.2, 0.25) is 0 Å². The number of halogens is 1. The van der Waals surface area contributed by atoms with Gasteiger partial charge in [-0.05, 0) is 54.7 Å². The Bertz CT molecular complexity index is 1590. The molecule has 0 bridgehead atoms. The van der Waals surface area contributed by atoms with Crippen molar-refractivity contribution in [1.82, 2.24) is 4.57 Å². The molecule has 1 aliphatic carbocycles. The third-order valence-electron chi connectivity index (χ3n) is 6.11. The van der Waals surface area contributed by atoms with Gasteiger partial charge in [-0.2, -0.15) is 0 Å². The number of nitrogens with zero attached hydrogens (tertiary/aromatic N) is 2. The van der Waals surface area contributed by atoms with Crippen LogP contribution < -0.4 is 14.9 Å². The molecule has 0 spiro atoms. The van der Waals surface area contributed by atoms with Gasteiger partial charge in [-0.3, -0.25) is 9.36 Å². The van der Waals surface area contributed by atoms with Crippen molar-refractivity contribution in [3.05, 3.63) is 119 Å². The topological polar surface area (TPSA) is 47.5 Å². The van der Waals surface area contributed by atoms with Crippen LogP contribution >= 0.6 is 22.9 Å². The maximum Gasteiger partial charge on any atom is 0.271 e. The predicted octanol–water partition coefficient (Wildman–Crippen LogP) is 4.87. The molecule has 32 heavy (non-hydrogen) atoms. The minimum atomic E-state index is -0.274. The van der Waals surface area contributed by atoms with E-state index in [4.69, 9.17) is 21.0 Å². The molecule has 2 aliphatic rings. The molecular weight excluding hydrogens is 440 g/mol. The summed E-state index contributed by atoms with van der Waals surface area (Å²) in [5.74, 6) is 1.47. The highest BCUT2D eigenvalue weighted by Crippen LogP contribution is 2.42. The third kappa shape index (κ3) is 3.04. The van der Waals surface area contributed by atoms with Crippen molar-refractivity contribution in [2.24, 2.45) is 4.99 Å². The molecule has 0 radical (unpaired) electrons. The average Bonchev–Trinajstić information content (AvgIpc) is 3.35. The van der Waals surface area contributed by atoms with Crippen LogP contribution in [-0.2, 0) is 6.42 Å². The molecule has 4 nitrogen and oxygen atoms in total. The lowest BCUT2D eigenvalue weighted by Gasteiger charge is -2.31. The van der Waals surface area contributed by atoms with Crippen LogP contribution in [0.2, 0.25) is 5.02 Å². The lowest BCUT2D eigenvalue weighted by Crippen LogP contribution is -2.38. The van der Waals surface area contributed by atoms with Gasteiger partial charge in [-0.1, -0.05) is 65.4 Å². The van der Waals surface area contributed by atoms with Gasteiger partial charge in [0.1, 0.15) is 11.5 Å². The SMILES string of the molecule is Cc1ccc(/C=c2\sc3n(c2=O)[C@@H](c2ccccc2Cl)C2=C(N=3)c3ccccc3CC2)o1. The molecule has 1 atom stereocenters. The number of rotatable bonds is 2. The maximum atomic E-state index is 13.6. The molecule has 0 N–H and O–H groups in total. The van der Waals surface area contributed by atoms with Crippen molar-refractivity contribution in [3.8, 4) is 0 Å². The van der Waals surface area contributed by atoms with Crippen LogP contribution in [0.1, 0.15) is 40.7 Å². The first-order valence-corrected chi connectivity index (χ1v) is 11.7. The van der Waals surface area contributed by atoms with E-state index in [-0.39, 0.29) is 11.6 Å². The molecule has 0 saturated heterocycles. The quantitative estimate of drug-likeness (QED) is 0.430. The number of aryl methyl sites for hydroxylation is 2. The van der Waals surface area contributed by atoms with Crippen molar-refractivity contribution in [2.45, 2.75) is 25.8 Å². The van der Waals surface area contributed by atoms with Gasteiger partial charge in [-0.25, -0.2) is 4.99 Å². The van der Waals surface area contributed by atoms with Gasteiger partial charge in [-0.15, -0.1) is 0 Å². The van der Waals surface area contributed by atoms with E-state index in [0.29, 0.717) is 20.1 Å². The zero-order valence-corrected chi connectivity index (χ0v) is 18.9. The molecule has 158 valence electrons. The third-order valence-corrected chi connectivity index (χ3v) is 7.43. The smallest absolute Gasteiger partial charge is 0.271 e. The van der Waals surface area contributed by atoms with Crippen molar-refractivity contribution in [3.63, 3.8) is 0 Å². The number of fused-ring (bicyclic) bond motifs is 3. The van der Waals surface area contributed by atoms with Gasteiger partial charge >= 0.3 is 0 Å². The molecule has 2 aromatic heterocycles. The van der Waals surface area contributed by atoms with Crippen LogP contribution in [0, 0.1) is 6.92 Å². The number of allylic oxidation sites excluding steroid dienone is 1. The Balaban J connectivity index is 1.66. The summed E-state index contributed by atoms with van der Waals surface area (Å²) in [7, 11) is 0. The maximum absolute atomic E-state index is 13.6. The summed E-state index contributed by atoms with van der Waals surface area (Å²) in [4.78, 5) is 19.3. The molecular formula is C26H19ClN2O2S. The van der Waals surface area contributed by atoms with Crippen LogP contribution in [-0.4, -0.2) is 4.57 Å². The normalized spacial score (nSPS) is 17.6. The first-order chi connectivity index (χ1) is 15.6. The number of hydrogen-bond donors (Lipinski definition) is 0. The van der Waals surface area contributed by atoms with Crippen LogP contribution in [0.15, 0.2) is 80.4 Å². The fraction of sp³-hybridized carbons (Fsp3) is 0.154. The first-order valence-electron chi connectivity index (χ1n) is 10.5. The summed E-state index contributed by atoms with van der Waals surface area (Å²) in [6.07, 6.45) is 3.56. The molecule has 6 rings (SSSR count). The molecule has 4 aromatic rings. The van der Waals surface area contributed by atoms with E-state index in [1.54, 1.807) is 10.6 Å². The summed E-state index contributed by atoms with van der Waals surface area (Å²) in [5, 5.41) is 0.654. The van der Waals surface area contributed by atoms with E-state index < -0.39 is 0 Å². The van der Waals surface area contributed by atoms with Crippen molar-refractivity contribution in [2.75, 3.05) is 0 Å². The summed E-state index contributed by atoms with van der Waals surface area (Å²) < 4.78 is 8.09. The fourth-order valence-corrected chi connectivity index (χ4v) is 5.88. The molecule has 0 fully saturated rings. The van der Waals surface area contributed by atoms with Gasteiger partial charge in [0.05, 0.1) is 16.3 Å². The molecule has 2 aromatic carbocycles. The minimum absolute atomic E-state index is 0.0712. The number of furan rings is 1. The Morgan fingerprint density at radius 2 is 1.91 bits per heavy atom. The molecule has 3 heterocycles. The Morgan fingerprint density at radius 1 is 1.09 bits per heavy atom. The summed E-state index contributed by atoms with van der Waals surface area (Å²) in [6.45, 7) is 1.89. The zero-order chi connectivity index (χ0) is 21.8. The molecule has 0 unspecified atom stereocenters. The predicted molar refractivity (Wildman–Crippen MR) is 128 cm³/mol. The number of thiazole rings is 1. The fourth-order valence-electron chi connectivity index (χ4n) is 4.66. The van der Waals surface area contributed by atoms with Gasteiger partial charge in [0, 0.05) is 16.7 Å². The highest BCUT2D eigenvalue weighted by Gasteiger charge is 2.33. The number of hydrogen-bond acceptors (Lipinski definition) is 4. The highest BCUT2D eigenvalue weighted by atomic mass is 35.5. The van der Waals surface area contributed by atoms with Crippen LogP contribution in [0.3, 0.4) is 0 Å². The number of aromatic nitrogens is 1. The molecule has 0 saturated carbocycles. The zero-order valence-electron chi connectivity index (χ0n) is 17.3. The van der Waals surface area contributed by atoms with E-state index in [2.05, 4.69) is 18.2 Å².